The van der Waals surface area contributed by atoms with Gasteiger partial charge < -0.3 is 10.1 Å². The Bertz CT molecular complexity index is 231. The van der Waals surface area contributed by atoms with Crippen LogP contribution in [0.3, 0.4) is 0 Å². The fourth-order valence-electron chi connectivity index (χ4n) is 1.17. The topological polar surface area (TPSA) is 55.4 Å². The molecule has 0 aromatic rings. The van der Waals surface area contributed by atoms with Crippen LogP contribution < -0.4 is 5.32 Å². The van der Waals surface area contributed by atoms with Gasteiger partial charge in [0.2, 0.25) is 0 Å². The van der Waals surface area contributed by atoms with Crippen LogP contribution in [0.1, 0.15) is 20.3 Å². The number of hydrogen-bond acceptors (Lipinski definition) is 4. The van der Waals surface area contributed by atoms with E-state index in [0.717, 1.165) is 11.8 Å². The Morgan fingerprint density at radius 1 is 1.69 bits per heavy atom. The van der Waals surface area contributed by atoms with Gasteiger partial charge in [-0.05, 0) is 13.3 Å². The third-order valence-corrected chi connectivity index (χ3v) is 3.06. The van der Waals surface area contributed by atoms with Gasteiger partial charge in [0, 0.05) is 5.75 Å². The average molecular weight is 203 g/mol. The van der Waals surface area contributed by atoms with Gasteiger partial charge >= 0.3 is 5.97 Å². The van der Waals surface area contributed by atoms with Gasteiger partial charge in [-0.15, -0.1) is 0 Å². The van der Waals surface area contributed by atoms with Crippen molar-refractivity contribution in [3.05, 3.63) is 0 Å². The first-order valence-corrected chi connectivity index (χ1v) is 5.25. The minimum atomic E-state index is -0.780. The number of nitrogens with one attached hydrogen (secondary N) is 1. The lowest BCUT2D eigenvalue weighted by molar-refractivity contribution is -0.149. The molecule has 0 saturated carbocycles. The van der Waals surface area contributed by atoms with E-state index in [-0.39, 0.29) is 11.2 Å². The highest BCUT2D eigenvalue weighted by Crippen LogP contribution is 2.27. The normalized spacial score (nSPS) is 27.1. The molecule has 1 amide bonds. The van der Waals surface area contributed by atoms with E-state index in [9.17, 15) is 9.59 Å². The molecule has 1 aliphatic heterocycles. The lowest BCUT2D eigenvalue weighted by atomic mass is 9.99. The molecule has 1 fully saturated rings. The van der Waals surface area contributed by atoms with E-state index in [1.165, 1.54) is 0 Å². The summed E-state index contributed by atoms with van der Waals surface area (Å²) in [6, 6.07) is 0. The van der Waals surface area contributed by atoms with Gasteiger partial charge in [0.25, 0.3) is 5.24 Å². The highest BCUT2D eigenvalue weighted by Gasteiger charge is 2.44. The average Bonchev–Trinajstić information content (AvgIpc) is 2.49. The largest absolute Gasteiger partial charge is 0.464 e. The number of amides is 1. The van der Waals surface area contributed by atoms with Crippen molar-refractivity contribution >= 4 is 23.0 Å². The van der Waals surface area contributed by atoms with Crippen LogP contribution in [0, 0.1) is 0 Å². The van der Waals surface area contributed by atoms with E-state index in [4.69, 9.17) is 4.74 Å². The summed E-state index contributed by atoms with van der Waals surface area (Å²) < 4.78 is 4.90. The second-order valence-electron chi connectivity index (χ2n) is 2.86. The molecule has 5 heteroatoms. The summed E-state index contributed by atoms with van der Waals surface area (Å²) >= 11 is 1.13. The molecule has 0 aromatic heterocycles. The summed E-state index contributed by atoms with van der Waals surface area (Å²) in [4.78, 5) is 22.5. The molecular formula is C8H13NO3S. The van der Waals surface area contributed by atoms with Crippen LogP contribution in [0.2, 0.25) is 0 Å². The number of carbonyl (C=O) groups excluding carboxylic acids is 2. The van der Waals surface area contributed by atoms with Gasteiger partial charge in [0.05, 0.1) is 6.61 Å². The third kappa shape index (κ3) is 1.96. The van der Waals surface area contributed by atoms with E-state index in [0.29, 0.717) is 18.8 Å². The smallest absolute Gasteiger partial charge is 0.332 e. The molecule has 0 aromatic carbocycles. The molecule has 0 radical (unpaired) electrons. The molecule has 0 spiro atoms. The van der Waals surface area contributed by atoms with Gasteiger partial charge in [-0.2, -0.15) is 0 Å². The van der Waals surface area contributed by atoms with Crippen LogP contribution in [0.25, 0.3) is 0 Å². The lowest BCUT2D eigenvalue weighted by Crippen LogP contribution is -2.51. The molecule has 0 bridgehead atoms. The number of thioether (sulfide) groups is 1. The van der Waals surface area contributed by atoms with Crippen LogP contribution in [0.5, 0.6) is 0 Å². The molecule has 74 valence electrons. The van der Waals surface area contributed by atoms with Crippen molar-refractivity contribution in [2.45, 2.75) is 25.8 Å². The fraction of sp³-hybridized carbons (Fsp3) is 0.750. The number of rotatable bonds is 3. The summed E-state index contributed by atoms with van der Waals surface area (Å²) in [5.41, 5.74) is -0.780. The molecule has 1 rings (SSSR count). The molecule has 4 nitrogen and oxygen atoms in total. The Balaban J connectivity index is 2.70. The van der Waals surface area contributed by atoms with Crippen LogP contribution in [0.4, 0.5) is 4.79 Å². The first kappa shape index (κ1) is 10.4. The van der Waals surface area contributed by atoms with Gasteiger partial charge in [-0.1, -0.05) is 18.7 Å². The van der Waals surface area contributed by atoms with Gasteiger partial charge in [0.15, 0.2) is 0 Å². The number of ether oxygens (including phenoxy) is 1. The van der Waals surface area contributed by atoms with Crippen LogP contribution in [-0.2, 0) is 9.53 Å². The van der Waals surface area contributed by atoms with Crippen molar-refractivity contribution in [2.75, 3.05) is 12.4 Å². The van der Waals surface area contributed by atoms with Crippen molar-refractivity contribution in [3.63, 3.8) is 0 Å². The summed E-state index contributed by atoms with van der Waals surface area (Å²) in [6.07, 6.45) is 0.574. The predicted molar refractivity (Wildman–Crippen MR) is 50.6 cm³/mol. The quantitative estimate of drug-likeness (QED) is 0.699. The Kier molecular flexibility index (Phi) is 3.19. The molecular weight excluding hydrogens is 190 g/mol. The van der Waals surface area contributed by atoms with Crippen molar-refractivity contribution in [3.8, 4) is 0 Å². The fourth-order valence-corrected chi connectivity index (χ4v) is 2.21. The zero-order chi connectivity index (χ0) is 9.90. The van der Waals surface area contributed by atoms with E-state index in [2.05, 4.69) is 5.32 Å². The maximum absolute atomic E-state index is 11.5. The van der Waals surface area contributed by atoms with E-state index in [1.54, 1.807) is 6.92 Å². The maximum Gasteiger partial charge on any atom is 0.332 e. The van der Waals surface area contributed by atoms with Crippen molar-refractivity contribution in [1.82, 2.24) is 5.32 Å². The SMILES string of the molecule is CCOC(=O)[C@@]1(CC)CSC(=O)N1. The van der Waals surface area contributed by atoms with Crippen molar-refractivity contribution in [2.24, 2.45) is 0 Å². The number of esters is 1. The Morgan fingerprint density at radius 2 is 2.38 bits per heavy atom. The van der Waals surface area contributed by atoms with Crippen molar-refractivity contribution in [1.29, 1.82) is 0 Å². The first-order chi connectivity index (χ1) is 6.14. The summed E-state index contributed by atoms with van der Waals surface area (Å²) in [7, 11) is 0. The standard InChI is InChI=1S/C8H13NO3S/c1-3-8(6(10)12-4-2)5-13-7(11)9-8/h3-5H2,1-2H3,(H,9,11)/t8-/m1/s1. The molecule has 13 heavy (non-hydrogen) atoms. The number of hydrogen-bond donors (Lipinski definition) is 1. The minimum Gasteiger partial charge on any atom is -0.464 e. The Hall–Kier alpha value is -0.710. The molecule has 1 aliphatic rings. The van der Waals surface area contributed by atoms with E-state index in [1.807, 2.05) is 6.92 Å². The lowest BCUT2D eigenvalue weighted by Gasteiger charge is -2.23. The van der Waals surface area contributed by atoms with Crippen LogP contribution in [0.15, 0.2) is 0 Å². The minimum absolute atomic E-state index is 0.144. The van der Waals surface area contributed by atoms with Crippen LogP contribution in [-0.4, -0.2) is 29.1 Å². The molecule has 0 unspecified atom stereocenters. The van der Waals surface area contributed by atoms with Gasteiger partial charge in [0.1, 0.15) is 5.54 Å². The highest BCUT2D eigenvalue weighted by atomic mass is 32.2. The van der Waals surface area contributed by atoms with Crippen LogP contribution >= 0.6 is 11.8 Å². The Morgan fingerprint density at radius 3 is 2.77 bits per heavy atom. The highest BCUT2D eigenvalue weighted by molar-refractivity contribution is 8.14. The first-order valence-electron chi connectivity index (χ1n) is 4.27. The summed E-state index contributed by atoms with van der Waals surface area (Å²) in [6.45, 7) is 3.97. The van der Waals surface area contributed by atoms with Gasteiger partial charge in [-0.25, -0.2) is 4.79 Å². The van der Waals surface area contributed by atoms with Crippen molar-refractivity contribution < 1.29 is 14.3 Å². The predicted octanol–water partition coefficient (Wildman–Crippen LogP) is 1.15. The second kappa shape index (κ2) is 4.00. The summed E-state index contributed by atoms with van der Waals surface area (Å²) in [5, 5.41) is 2.51. The second-order valence-corrected chi connectivity index (χ2v) is 3.81. The van der Waals surface area contributed by atoms with E-state index < -0.39 is 5.54 Å². The molecule has 1 saturated heterocycles. The number of carbonyl (C=O) groups is 2. The molecule has 1 N–H and O–H groups in total. The summed E-state index contributed by atoms with van der Waals surface area (Å²) in [5.74, 6) is 0.150. The van der Waals surface area contributed by atoms with E-state index >= 15 is 0 Å². The zero-order valence-electron chi connectivity index (χ0n) is 7.75. The monoisotopic (exact) mass is 203 g/mol. The Labute approximate surface area is 81.4 Å². The molecule has 1 atom stereocenters. The molecule has 0 aliphatic carbocycles. The third-order valence-electron chi connectivity index (χ3n) is 2.06. The van der Waals surface area contributed by atoms with Gasteiger partial charge in [-0.3, -0.25) is 4.79 Å². The maximum atomic E-state index is 11.5. The molecule has 1 heterocycles. The zero-order valence-corrected chi connectivity index (χ0v) is 8.57.